The van der Waals surface area contributed by atoms with Crippen LogP contribution in [0.3, 0.4) is 0 Å². The Balaban J connectivity index is 2.43. The lowest BCUT2D eigenvalue weighted by molar-refractivity contribution is 0.158. The molecule has 6 heteroatoms. The van der Waals surface area contributed by atoms with E-state index in [1.165, 1.54) is 0 Å². The highest BCUT2D eigenvalue weighted by Gasteiger charge is 2.45. The summed E-state index contributed by atoms with van der Waals surface area (Å²) in [6.07, 6.45) is 2.83. The molecule has 0 saturated heterocycles. The molecular weight excluding hydrogens is 316 g/mol. The van der Waals surface area contributed by atoms with Crippen molar-refractivity contribution in [2.45, 2.75) is 77.4 Å². The molecule has 1 fully saturated rings. The van der Waals surface area contributed by atoms with Gasteiger partial charge in [0.2, 0.25) is 0 Å². The minimum absolute atomic E-state index is 0.0764. The summed E-state index contributed by atoms with van der Waals surface area (Å²) in [5, 5.41) is 0. The summed E-state index contributed by atoms with van der Waals surface area (Å²) in [6, 6.07) is 0. The quantitative estimate of drug-likeness (QED) is 0.492. The largest absolute Gasteiger partial charge is 0.416 e. The maximum absolute atomic E-state index is 10.8. The van der Waals surface area contributed by atoms with Crippen LogP contribution >= 0.6 is 0 Å². The molecule has 0 unspecified atom stereocenters. The predicted octanol–water partition coefficient (Wildman–Crippen LogP) is 4.48. The normalized spacial score (nSPS) is 23.4. The Morgan fingerprint density at radius 2 is 1.45 bits per heavy atom. The fraction of sp³-hybridized carbons (Fsp3) is 1.00. The lowest BCUT2D eigenvalue weighted by Gasteiger charge is -2.43. The molecule has 132 valence electrons. The van der Waals surface area contributed by atoms with Crippen LogP contribution in [0.1, 0.15) is 60.8 Å². The fourth-order valence-corrected chi connectivity index (χ4v) is 10.8. The molecular formula is C16H34O4SSi. The fourth-order valence-electron chi connectivity index (χ4n) is 4.45. The zero-order chi connectivity index (χ0) is 17.1. The van der Waals surface area contributed by atoms with Crippen LogP contribution < -0.4 is 0 Å². The smallest absolute Gasteiger partial charge is 0.265 e. The van der Waals surface area contributed by atoms with E-state index < -0.39 is 18.4 Å². The summed E-state index contributed by atoms with van der Waals surface area (Å²) in [6.45, 7) is 14.5. The van der Waals surface area contributed by atoms with Gasteiger partial charge in [0.1, 0.15) is 0 Å². The van der Waals surface area contributed by atoms with E-state index in [0.29, 0.717) is 22.5 Å². The van der Waals surface area contributed by atoms with Crippen molar-refractivity contribution >= 4 is 18.4 Å². The Morgan fingerprint density at radius 1 is 1.00 bits per heavy atom. The summed E-state index contributed by atoms with van der Waals surface area (Å²) in [5.41, 5.74) is 1.79. The van der Waals surface area contributed by atoms with E-state index in [0.717, 1.165) is 25.9 Å². The standard InChI is InChI=1S/C16H34O4SSi/c1-12(2)22(13(3)4,14(5)6)20-8-7-15-9-16(10-15)11-21(17,18)19/h12-16H,7-11H2,1-6H3,(H,17,18,19)/t15-,16-. The van der Waals surface area contributed by atoms with Crippen LogP contribution in [0.2, 0.25) is 16.6 Å². The first kappa shape index (κ1) is 20.1. The van der Waals surface area contributed by atoms with Gasteiger partial charge in [0.25, 0.3) is 10.1 Å². The molecule has 0 aromatic heterocycles. The van der Waals surface area contributed by atoms with Crippen LogP contribution in [0.15, 0.2) is 0 Å². The highest BCUT2D eigenvalue weighted by molar-refractivity contribution is 7.85. The van der Waals surface area contributed by atoms with Gasteiger partial charge in [-0.2, -0.15) is 8.42 Å². The van der Waals surface area contributed by atoms with Crippen molar-refractivity contribution in [3.63, 3.8) is 0 Å². The molecule has 4 nitrogen and oxygen atoms in total. The molecule has 1 N–H and O–H groups in total. The van der Waals surface area contributed by atoms with Crippen LogP contribution in [0, 0.1) is 11.8 Å². The SMILES string of the molecule is CC(C)[Si](OCC[C@H]1C[C@H](CS(=O)(=O)O)C1)(C(C)C)C(C)C. The molecule has 1 rings (SSSR count). The zero-order valence-corrected chi connectivity index (χ0v) is 16.8. The van der Waals surface area contributed by atoms with E-state index in [2.05, 4.69) is 41.5 Å². The van der Waals surface area contributed by atoms with Crippen molar-refractivity contribution in [3.8, 4) is 0 Å². The Labute approximate surface area is 137 Å². The van der Waals surface area contributed by atoms with Gasteiger partial charge in [-0.3, -0.25) is 4.55 Å². The average Bonchev–Trinajstić information content (AvgIpc) is 2.27. The molecule has 0 aliphatic heterocycles. The molecule has 0 aromatic rings. The Morgan fingerprint density at radius 3 is 1.82 bits per heavy atom. The third-order valence-electron chi connectivity index (χ3n) is 5.36. The summed E-state index contributed by atoms with van der Waals surface area (Å²) in [7, 11) is -5.58. The first-order valence-electron chi connectivity index (χ1n) is 8.58. The van der Waals surface area contributed by atoms with Gasteiger partial charge >= 0.3 is 0 Å². The first-order chi connectivity index (χ1) is 9.99. The summed E-state index contributed by atoms with van der Waals surface area (Å²) in [4.78, 5) is 0. The molecule has 1 aliphatic carbocycles. The molecule has 0 aromatic carbocycles. The van der Waals surface area contributed by atoms with Gasteiger partial charge in [0, 0.05) is 6.61 Å². The molecule has 0 heterocycles. The molecule has 0 radical (unpaired) electrons. The summed E-state index contributed by atoms with van der Waals surface area (Å²) >= 11 is 0. The van der Waals surface area contributed by atoms with Gasteiger partial charge in [-0.25, -0.2) is 0 Å². The lowest BCUT2D eigenvalue weighted by atomic mass is 9.74. The third kappa shape index (κ3) is 5.04. The van der Waals surface area contributed by atoms with Crippen molar-refractivity contribution in [1.29, 1.82) is 0 Å². The molecule has 0 spiro atoms. The van der Waals surface area contributed by atoms with Crippen molar-refractivity contribution < 1.29 is 17.4 Å². The Bertz CT molecular complexity index is 417. The Kier molecular flexibility index (Phi) is 7.11. The van der Waals surface area contributed by atoms with Crippen LogP contribution in [0.5, 0.6) is 0 Å². The number of rotatable bonds is 9. The average molecular weight is 351 g/mol. The first-order valence-corrected chi connectivity index (χ1v) is 12.3. The van der Waals surface area contributed by atoms with Crippen molar-refractivity contribution in [2.24, 2.45) is 11.8 Å². The second-order valence-electron chi connectivity index (χ2n) is 7.91. The maximum atomic E-state index is 10.8. The number of hydrogen-bond donors (Lipinski definition) is 1. The third-order valence-corrected chi connectivity index (χ3v) is 12.4. The van der Waals surface area contributed by atoms with E-state index in [1.54, 1.807) is 0 Å². The van der Waals surface area contributed by atoms with Gasteiger partial charge in [0.05, 0.1) is 5.75 Å². The van der Waals surface area contributed by atoms with Crippen LogP contribution in [0.4, 0.5) is 0 Å². The van der Waals surface area contributed by atoms with Crippen molar-refractivity contribution in [2.75, 3.05) is 12.4 Å². The minimum atomic E-state index is -3.81. The molecule has 0 amide bonds. The highest BCUT2D eigenvalue weighted by atomic mass is 32.2. The van der Waals surface area contributed by atoms with E-state index in [4.69, 9.17) is 8.98 Å². The Hall–Kier alpha value is 0.0869. The van der Waals surface area contributed by atoms with Crippen LogP contribution in [0.25, 0.3) is 0 Å². The van der Waals surface area contributed by atoms with Crippen molar-refractivity contribution in [3.05, 3.63) is 0 Å². The van der Waals surface area contributed by atoms with E-state index in [9.17, 15) is 8.42 Å². The van der Waals surface area contributed by atoms with Gasteiger partial charge < -0.3 is 4.43 Å². The van der Waals surface area contributed by atoms with Gasteiger partial charge in [0.15, 0.2) is 8.32 Å². The van der Waals surface area contributed by atoms with E-state index in [-0.39, 0.29) is 11.7 Å². The number of hydrogen-bond acceptors (Lipinski definition) is 3. The highest BCUT2D eigenvalue weighted by Crippen LogP contribution is 2.43. The van der Waals surface area contributed by atoms with Gasteiger partial charge in [-0.1, -0.05) is 41.5 Å². The van der Waals surface area contributed by atoms with Crippen LogP contribution in [-0.2, 0) is 14.5 Å². The topological polar surface area (TPSA) is 63.6 Å². The summed E-state index contributed by atoms with van der Waals surface area (Å²) in [5.74, 6) is 0.625. The monoisotopic (exact) mass is 350 g/mol. The van der Waals surface area contributed by atoms with Crippen molar-refractivity contribution in [1.82, 2.24) is 0 Å². The van der Waals surface area contributed by atoms with Gasteiger partial charge in [-0.05, 0) is 47.7 Å². The molecule has 1 aliphatic rings. The summed E-state index contributed by atoms with van der Waals surface area (Å²) < 4.78 is 37.1. The van der Waals surface area contributed by atoms with E-state index >= 15 is 0 Å². The molecule has 22 heavy (non-hydrogen) atoms. The minimum Gasteiger partial charge on any atom is -0.416 e. The second-order valence-corrected chi connectivity index (χ2v) is 14.9. The van der Waals surface area contributed by atoms with Crippen LogP contribution in [-0.4, -0.2) is 33.6 Å². The molecule has 0 bridgehead atoms. The molecule has 1 saturated carbocycles. The van der Waals surface area contributed by atoms with E-state index in [1.807, 2.05) is 0 Å². The lowest BCUT2D eigenvalue weighted by Crippen LogP contribution is -2.48. The molecule has 0 atom stereocenters. The van der Waals surface area contributed by atoms with Gasteiger partial charge in [-0.15, -0.1) is 0 Å². The maximum Gasteiger partial charge on any atom is 0.265 e. The zero-order valence-electron chi connectivity index (χ0n) is 15.0. The predicted molar refractivity (Wildman–Crippen MR) is 94.2 cm³/mol. The second kappa shape index (κ2) is 7.77.